The molecule has 0 radical (unpaired) electrons. The molecule has 3 N–H and O–H groups in total. The van der Waals surface area contributed by atoms with E-state index in [9.17, 15) is 4.79 Å². The minimum atomic E-state index is -0.245. The monoisotopic (exact) mass is 466 g/mol. The number of aromatic nitrogens is 2. The Kier molecular flexibility index (Phi) is 5.76. The van der Waals surface area contributed by atoms with E-state index in [0.29, 0.717) is 51.0 Å². The molecule has 5 rings (SSSR count). The molecule has 1 amide bonds. The molecule has 0 aliphatic carbocycles. The summed E-state index contributed by atoms with van der Waals surface area (Å²) in [6.45, 7) is 0. The van der Waals surface area contributed by atoms with Crippen LogP contribution in [0.3, 0.4) is 0 Å². The number of carbonyl (C=O) groups excluding carboxylic acids is 1. The van der Waals surface area contributed by atoms with E-state index < -0.39 is 0 Å². The highest BCUT2D eigenvalue weighted by Crippen LogP contribution is 2.36. The lowest BCUT2D eigenvalue weighted by Gasteiger charge is -2.13. The van der Waals surface area contributed by atoms with Crippen LogP contribution >= 0.6 is 0 Å². The van der Waals surface area contributed by atoms with Gasteiger partial charge in [-0.05, 0) is 53.2 Å². The van der Waals surface area contributed by atoms with Gasteiger partial charge in [-0.2, -0.15) is 0 Å². The summed E-state index contributed by atoms with van der Waals surface area (Å²) in [4.78, 5) is 21.6. The van der Waals surface area contributed by atoms with Crippen molar-refractivity contribution in [3.63, 3.8) is 0 Å². The van der Waals surface area contributed by atoms with E-state index in [0.717, 1.165) is 10.8 Å². The van der Waals surface area contributed by atoms with Gasteiger partial charge in [0.15, 0.2) is 11.5 Å². The Bertz CT molecular complexity index is 1570. The van der Waals surface area contributed by atoms with Gasteiger partial charge in [0.05, 0.1) is 36.5 Å². The van der Waals surface area contributed by atoms with Crippen LogP contribution in [-0.2, 0) is 0 Å². The normalized spacial score (nSPS) is 10.8. The van der Waals surface area contributed by atoms with E-state index in [1.54, 1.807) is 50.6 Å². The minimum Gasteiger partial charge on any atom is -0.493 e. The van der Waals surface area contributed by atoms with Crippen molar-refractivity contribution in [2.75, 3.05) is 25.3 Å². The molecular weight excluding hydrogens is 444 g/mol. The van der Waals surface area contributed by atoms with Crippen molar-refractivity contribution in [2.24, 2.45) is 0 Å². The second-order valence-corrected chi connectivity index (χ2v) is 7.74. The van der Waals surface area contributed by atoms with Gasteiger partial charge in [0.2, 0.25) is 5.88 Å². The van der Waals surface area contributed by atoms with Gasteiger partial charge in [0.25, 0.3) is 5.91 Å². The van der Waals surface area contributed by atoms with Gasteiger partial charge in [-0.3, -0.25) is 4.79 Å². The zero-order valence-corrected chi connectivity index (χ0v) is 19.1. The van der Waals surface area contributed by atoms with E-state index in [-0.39, 0.29) is 5.91 Å². The molecule has 0 unspecified atom stereocenters. The standard InChI is InChI=1S/C27H22N4O4/c1-33-24-13-20-23(14-25(24)34-2)29-15-30-27(20)35-17-10-11-18-16(12-17)6-5-7-19(18)26(32)31-22-9-4-3-8-21(22)28/h3-15H,28H2,1-2H3,(H,31,32). The zero-order chi connectivity index (χ0) is 24.4. The molecule has 174 valence electrons. The molecule has 35 heavy (non-hydrogen) atoms. The maximum atomic E-state index is 13.0. The van der Waals surface area contributed by atoms with Gasteiger partial charge >= 0.3 is 0 Å². The van der Waals surface area contributed by atoms with Crippen molar-refractivity contribution in [1.29, 1.82) is 0 Å². The smallest absolute Gasteiger partial charge is 0.256 e. The number of hydrogen-bond acceptors (Lipinski definition) is 7. The first-order valence-electron chi connectivity index (χ1n) is 10.8. The lowest BCUT2D eigenvalue weighted by molar-refractivity contribution is 0.102. The van der Waals surface area contributed by atoms with Crippen LogP contribution < -0.4 is 25.3 Å². The fourth-order valence-corrected chi connectivity index (χ4v) is 3.88. The first-order valence-corrected chi connectivity index (χ1v) is 10.8. The third-order valence-corrected chi connectivity index (χ3v) is 5.62. The number of hydrogen-bond donors (Lipinski definition) is 2. The Balaban J connectivity index is 1.48. The number of nitrogens with one attached hydrogen (secondary N) is 1. The molecule has 0 spiro atoms. The van der Waals surface area contributed by atoms with E-state index >= 15 is 0 Å². The summed E-state index contributed by atoms with van der Waals surface area (Å²) in [5.41, 5.74) is 8.23. The molecule has 8 heteroatoms. The van der Waals surface area contributed by atoms with Crippen molar-refractivity contribution < 1.29 is 19.0 Å². The number of nitrogens with zero attached hydrogens (tertiary/aromatic N) is 2. The van der Waals surface area contributed by atoms with Crippen LogP contribution in [0.15, 0.2) is 79.1 Å². The fraction of sp³-hybridized carbons (Fsp3) is 0.0741. The largest absolute Gasteiger partial charge is 0.493 e. The first-order chi connectivity index (χ1) is 17.1. The van der Waals surface area contributed by atoms with Gasteiger partial charge in [0.1, 0.15) is 12.1 Å². The molecule has 0 fully saturated rings. The summed E-state index contributed by atoms with van der Waals surface area (Å²) in [6.07, 6.45) is 1.43. The van der Waals surface area contributed by atoms with Crippen molar-refractivity contribution in [3.05, 3.63) is 84.7 Å². The molecule has 0 bridgehead atoms. The summed E-state index contributed by atoms with van der Waals surface area (Å²) in [7, 11) is 3.14. The summed E-state index contributed by atoms with van der Waals surface area (Å²) in [5, 5.41) is 5.18. The molecule has 8 nitrogen and oxygen atoms in total. The maximum Gasteiger partial charge on any atom is 0.256 e. The van der Waals surface area contributed by atoms with Crippen molar-refractivity contribution in [1.82, 2.24) is 9.97 Å². The van der Waals surface area contributed by atoms with Gasteiger partial charge in [-0.15, -0.1) is 0 Å². The Morgan fingerprint density at radius 3 is 2.46 bits per heavy atom. The molecule has 0 saturated carbocycles. The highest BCUT2D eigenvalue weighted by atomic mass is 16.5. The number of amides is 1. The summed E-state index contributed by atoms with van der Waals surface area (Å²) >= 11 is 0. The third kappa shape index (κ3) is 4.24. The topological polar surface area (TPSA) is 109 Å². The summed E-state index contributed by atoms with van der Waals surface area (Å²) < 4.78 is 16.9. The predicted octanol–water partition coefficient (Wildman–Crippen LogP) is 5.43. The van der Waals surface area contributed by atoms with E-state index in [2.05, 4.69) is 15.3 Å². The van der Waals surface area contributed by atoms with Crippen LogP contribution in [0.4, 0.5) is 11.4 Å². The SMILES string of the molecule is COc1cc2ncnc(Oc3ccc4c(C(=O)Nc5ccccc5N)cccc4c3)c2cc1OC. The third-order valence-electron chi connectivity index (χ3n) is 5.62. The number of carbonyl (C=O) groups is 1. The Morgan fingerprint density at radius 1 is 0.857 bits per heavy atom. The van der Waals surface area contributed by atoms with E-state index in [4.69, 9.17) is 19.9 Å². The van der Waals surface area contributed by atoms with Crippen LogP contribution in [0.5, 0.6) is 23.1 Å². The van der Waals surface area contributed by atoms with E-state index in [1.165, 1.54) is 6.33 Å². The quantitative estimate of drug-likeness (QED) is 0.321. The molecule has 4 aromatic carbocycles. The highest BCUT2D eigenvalue weighted by Gasteiger charge is 2.15. The number of nitrogens with two attached hydrogens (primary N) is 1. The van der Waals surface area contributed by atoms with Crippen LogP contribution in [0.1, 0.15) is 10.4 Å². The Hall–Kier alpha value is -4.85. The lowest BCUT2D eigenvalue weighted by Crippen LogP contribution is -2.13. The number of para-hydroxylation sites is 2. The van der Waals surface area contributed by atoms with Crippen molar-refractivity contribution >= 4 is 39.0 Å². The van der Waals surface area contributed by atoms with Gasteiger partial charge in [-0.1, -0.05) is 24.3 Å². The molecule has 0 saturated heterocycles. The predicted molar refractivity (Wildman–Crippen MR) is 135 cm³/mol. The van der Waals surface area contributed by atoms with Gasteiger partial charge in [-0.25, -0.2) is 9.97 Å². The number of anilines is 2. The van der Waals surface area contributed by atoms with Crippen LogP contribution in [0, 0.1) is 0 Å². The van der Waals surface area contributed by atoms with Crippen LogP contribution in [0.25, 0.3) is 21.7 Å². The maximum absolute atomic E-state index is 13.0. The van der Waals surface area contributed by atoms with Crippen molar-refractivity contribution in [3.8, 4) is 23.1 Å². The second-order valence-electron chi connectivity index (χ2n) is 7.74. The molecule has 0 aliphatic heterocycles. The molecule has 5 aromatic rings. The molecule has 0 aliphatic rings. The van der Waals surface area contributed by atoms with Crippen LogP contribution in [-0.4, -0.2) is 30.1 Å². The average molecular weight is 466 g/mol. The first kappa shape index (κ1) is 22.0. The number of methoxy groups -OCH3 is 2. The Morgan fingerprint density at radius 2 is 1.66 bits per heavy atom. The average Bonchev–Trinajstić information content (AvgIpc) is 2.88. The molecule has 1 heterocycles. The lowest BCUT2D eigenvalue weighted by atomic mass is 10.0. The van der Waals surface area contributed by atoms with Gasteiger partial charge < -0.3 is 25.3 Å². The highest BCUT2D eigenvalue weighted by molar-refractivity contribution is 6.13. The number of fused-ring (bicyclic) bond motifs is 2. The second kappa shape index (κ2) is 9.18. The number of benzene rings is 4. The number of rotatable bonds is 6. The minimum absolute atomic E-state index is 0.245. The van der Waals surface area contributed by atoms with Crippen molar-refractivity contribution in [2.45, 2.75) is 0 Å². The summed E-state index contributed by atoms with van der Waals surface area (Å²) in [6, 6.07) is 21.7. The molecular formula is C27H22N4O4. The molecule has 1 aromatic heterocycles. The van der Waals surface area contributed by atoms with Crippen LogP contribution in [0.2, 0.25) is 0 Å². The Labute approximate surface area is 201 Å². The zero-order valence-electron chi connectivity index (χ0n) is 19.1. The number of nitrogen functional groups attached to an aromatic ring is 1. The molecule has 0 atom stereocenters. The number of ether oxygens (including phenoxy) is 3. The van der Waals surface area contributed by atoms with E-state index in [1.807, 2.05) is 36.4 Å². The summed E-state index contributed by atoms with van der Waals surface area (Å²) in [5.74, 6) is 1.82. The fourth-order valence-electron chi connectivity index (χ4n) is 3.88. The van der Waals surface area contributed by atoms with Gasteiger partial charge in [0, 0.05) is 11.6 Å².